The fourth-order valence-electron chi connectivity index (χ4n) is 2.12. The molecule has 0 aliphatic rings. The van der Waals surface area contributed by atoms with E-state index in [4.69, 9.17) is 9.47 Å². The lowest BCUT2D eigenvalue weighted by Crippen LogP contribution is -2.29. The largest absolute Gasteiger partial charge is 0.492 e. The zero-order valence-electron chi connectivity index (χ0n) is 14.6. The molecule has 0 saturated carbocycles. The van der Waals surface area contributed by atoms with Crippen LogP contribution in [0.5, 0.6) is 5.75 Å². The van der Waals surface area contributed by atoms with E-state index in [-0.39, 0.29) is 5.56 Å². The van der Waals surface area contributed by atoms with Crippen LogP contribution in [-0.4, -0.2) is 24.6 Å². The fraction of sp³-hybridized carbons (Fsp3) is 0.200. The number of nitrogens with one attached hydrogen (secondary N) is 1. The van der Waals surface area contributed by atoms with Crippen molar-refractivity contribution >= 4 is 23.6 Å². The Morgan fingerprint density at radius 3 is 2.58 bits per heavy atom. The number of ether oxygens (including phenoxy) is 2. The van der Waals surface area contributed by atoms with E-state index in [1.165, 1.54) is 25.1 Å². The number of carbonyl (C=O) groups is 2. The molecule has 0 spiro atoms. The summed E-state index contributed by atoms with van der Waals surface area (Å²) < 4.78 is 24.0. The fourth-order valence-corrected chi connectivity index (χ4v) is 2.12. The smallest absolute Gasteiger partial charge is 0.331 e. The molecule has 0 bridgehead atoms. The first-order valence-electron chi connectivity index (χ1n) is 8.17. The molecule has 0 aliphatic heterocycles. The summed E-state index contributed by atoms with van der Waals surface area (Å²) in [5, 5.41) is 2.66. The molecule has 0 heterocycles. The Kier molecular flexibility index (Phi) is 6.91. The van der Waals surface area contributed by atoms with E-state index in [1.54, 1.807) is 36.4 Å². The summed E-state index contributed by atoms with van der Waals surface area (Å²) in [5.74, 6) is -1.16. The van der Waals surface area contributed by atoms with E-state index in [1.807, 2.05) is 6.92 Å². The van der Waals surface area contributed by atoms with Crippen LogP contribution < -0.4 is 10.1 Å². The van der Waals surface area contributed by atoms with E-state index < -0.39 is 23.8 Å². The summed E-state index contributed by atoms with van der Waals surface area (Å²) in [7, 11) is 0. The number of anilines is 1. The maximum atomic E-state index is 13.5. The highest BCUT2D eigenvalue weighted by Crippen LogP contribution is 2.23. The van der Waals surface area contributed by atoms with Gasteiger partial charge in [-0.05, 0) is 38.1 Å². The predicted octanol–water partition coefficient (Wildman–Crippen LogP) is 3.81. The van der Waals surface area contributed by atoms with Gasteiger partial charge in [0.1, 0.15) is 11.6 Å². The number of para-hydroxylation sites is 2. The van der Waals surface area contributed by atoms with E-state index in [0.717, 1.165) is 6.08 Å². The molecule has 0 fully saturated rings. The van der Waals surface area contributed by atoms with E-state index in [2.05, 4.69) is 5.32 Å². The molecule has 0 radical (unpaired) electrons. The van der Waals surface area contributed by atoms with E-state index in [9.17, 15) is 14.0 Å². The highest BCUT2D eigenvalue weighted by molar-refractivity contribution is 5.97. The molecule has 1 amide bonds. The van der Waals surface area contributed by atoms with Crippen molar-refractivity contribution < 1.29 is 23.5 Å². The van der Waals surface area contributed by atoms with Crippen molar-refractivity contribution in [3.8, 4) is 5.75 Å². The Hall–Kier alpha value is -3.15. The number of hydrogen-bond acceptors (Lipinski definition) is 4. The van der Waals surface area contributed by atoms with E-state index >= 15 is 0 Å². The van der Waals surface area contributed by atoms with Crippen LogP contribution in [0.2, 0.25) is 0 Å². The molecule has 5 nitrogen and oxygen atoms in total. The molecular formula is C20H20FNO4. The summed E-state index contributed by atoms with van der Waals surface area (Å²) in [6.07, 6.45) is 1.35. The Labute approximate surface area is 151 Å². The van der Waals surface area contributed by atoms with Gasteiger partial charge in [0.2, 0.25) is 0 Å². The van der Waals surface area contributed by atoms with Gasteiger partial charge in [0.15, 0.2) is 6.10 Å². The van der Waals surface area contributed by atoms with Crippen molar-refractivity contribution in [3.05, 3.63) is 66.0 Å². The third-order valence-electron chi connectivity index (χ3n) is 3.41. The maximum Gasteiger partial charge on any atom is 0.331 e. The van der Waals surface area contributed by atoms with E-state index in [0.29, 0.717) is 18.0 Å². The lowest BCUT2D eigenvalue weighted by molar-refractivity contribution is -0.148. The van der Waals surface area contributed by atoms with Gasteiger partial charge in [0.05, 0.1) is 12.3 Å². The standard InChI is InChI=1S/C20H20FNO4/c1-3-25-18-11-7-6-10-17(18)22-20(24)14(2)26-19(23)13-12-15-8-4-5-9-16(15)21/h4-14H,3H2,1-2H3,(H,22,24)/b13-12+. The Morgan fingerprint density at radius 2 is 1.85 bits per heavy atom. The lowest BCUT2D eigenvalue weighted by atomic mass is 10.2. The zero-order valence-corrected chi connectivity index (χ0v) is 14.6. The molecule has 1 unspecified atom stereocenters. The van der Waals surface area contributed by atoms with Gasteiger partial charge >= 0.3 is 5.97 Å². The quantitative estimate of drug-likeness (QED) is 0.605. The van der Waals surface area contributed by atoms with Gasteiger partial charge in [0, 0.05) is 11.6 Å². The van der Waals surface area contributed by atoms with Gasteiger partial charge in [-0.3, -0.25) is 4.79 Å². The zero-order chi connectivity index (χ0) is 18.9. The molecule has 1 atom stereocenters. The summed E-state index contributed by atoms with van der Waals surface area (Å²) >= 11 is 0. The minimum Gasteiger partial charge on any atom is -0.492 e. The van der Waals surface area contributed by atoms with Crippen LogP contribution in [0.1, 0.15) is 19.4 Å². The molecular weight excluding hydrogens is 337 g/mol. The first-order valence-corrected chi connectivity index (χ1v) is 8.17. The number of hydrogen-bond donors (Lipinski definition) is 1. The number of rotatable bonds is 7. The molecule has 0 aromatic heterocycles. The first-order chi connectivity index (χ1) is 12.5. The third kappa shape index (κ3) is 5.44. The SMILES string of the molecule is CCOc1ccccc1NC(=O)C(C)OC(=O)/C=C/c1ccccc1F. The molecule has 1 N–H and O–H groups in total. The van der Waals surface area contributed by atoms with Crippen molar-refractivity contribution in [1.82, 2.24) is 0 Å². The topological polar surface area (TPSA) is 64.6 Å². The summed E-state index contributed by atoms with van der Waals surface area (Å²) in [6, 6.07) is 13.0. The highest BCUT2D eigenvalue weighted by atomic mass is 19.1. The predicted molar refractivity (Wildman–Crippen MR) is 97.2 cm³/mol. The van der Waals surface area contributed by atoms with Gasteiger partial charge in [-0.15, -0.1) is 0 Å². The van der Waals surface area contributed by atoms with Crippen LogP contribution in [0.15, 0.2) is 54.6 Å². The lowest BCUT2D eigenvalue weighted by Gasteiger charge is -2.15. The minimum atomic E-state index is -1.03. The van der Waals surface area contributed by atoms with Crippen LogP contribution in [-0.2, 0) is 14.3 Å². The first kappa shape index (κ1) is 19.2. The van der Waals surface area contributed by atoms with Gasteiger partial charge in [-0.25, -0.2) is 9.18 Å². The third-order valence-corrected chi connectivity index (χ3v) is 3.41. The molecule has 2 aromatic rings. The number of amides is 1. The summed E-state index contributed by atoms with van der Waals surface area (Å²) in [6.45, 7) is 3.75. The Balaban J connectivity index is 1.94. The van der Waals surface area contributed by atoms with Crippen molar-refractivity contribution in [2.75, 3.05) is 11.9 Å². The van der Waals surface area contributed by atoms with Crippen molar-refractivity contribution in [2.45, 2.75) is 20.0 Å². The Bertz CT molecular complexity index is 804. The van der Waals surface area contributed by atoms with Gasteiger partial charge in [0.25, 0.3) is 5.91 Å². The molecule has 0 aliphatic carbocycles. The van der Waals surface area contributed by atoms with Crippen molar-refractivity contribution in [3.63, 3.8) is 0 Å². The second-order valence-electron chi connectivity index (χ2n) is 5.35. The second-order valence-corrected chi connectivity index (χ2v) is 5.35. The van der Waals surface area contributed by atoms with Gasteiger partial charge in [-0.2, -0.15) is 0 Å². The minimum absolute atomic E-state index is 0.257. The number of esters is 1. The van der Waals surface area contributed by atoms with Crippen LogP contribution in [0.4, 0.5) is 10.1 Å². The second kappa shape index (κ2) is 9.36. The average Bonchev–Trinajstić information content (AvgIpc) is 2.63. The van der Waals surface area contributed by atoms with Gasteiger partial charge < -0.3 is 14.8 Å². The van der Waals surface area contributed by atoms with Crippen molar-refractivity contribution in [1.29, 1.82) is 0 Å². The summed E-state index contributed by atoms with van der Waals surface area (Å²) in [4.78, 5) is 24.0. The van der Waals surface area contributed by atoms with Crippen LogP contribution in [0.25, 0.3) is 6.08 Å². The molecule has 2 rings (SSSR count). The molecule has 2 aromatic carbocycles. The van der Waals surface area contributed by atoms with Gasteiger partial charge in [-0.1, -0.05) is 30.3 Å². The number of benzene rings is 2. The number of carbonyl (C=O) groups excluding carboxylic acids is 2. The average molecular weight is 357 g/mol. The van der Waals surface area contributed by atoms with Crippen LogP contribution in [0, 0.1) is 5.82 Å². The van der Waals surface area contributed by atoms with Crippen LogP contribution >= 0.6 is 0 Å². The van der Waals surface area contributed by atoms with Crippen molar-refractivity contribution in [2.24, 2.45) is 0 Å². The monoisotopic (exact) mass is 357 g/mol. The molecule has 0 saturated heterocycles. The highest BCUT2D eigenvalue weighted by Gasteiger charge is 2.18. The number of halogens is 1. The van der Waals surface area contributed by atoms with Crippen LogP contribution in [0.3, 0.4) is 0 Å². The summed E-state index contributed by atoms with van der Waals surface area (Å²) in [5.41, 5.74) is 0.747. The Morgan fingerprint density at radius 1 is 1.15 bits per heavy atom. The molecule has 136 valence electrons. The maximum absolute atomic E-state index is 13.5. The normalized spacial score (nSPS) is 11.8. The molecule has 26 heavy (non-hydrogen) atoms. The molecule has 6 heteroatoms.